The van der Waals surface area contributed by atoms with E-state index in [1.807, 2.05) is 6.92 Å². The first kappa shape index (κ1) is 11.5. The zero-order chi connectivity index (χ0) is 12.3. The zero-order valence-electron chi connectivity index (χ0n) is 9.73. The maximum atomic E-state index is 12.0. The average molecular weight is 234 g/mol. The lowest BCUT2D eigenvalue weighted by molar-refractivity contribution is 0.0907. The van der Waals surface area contributed by atoms with Crippen molar-refractivity contribution in [2.75, 3.05) is 13.7 Å². The molecule has 6 nitrogen and oxygen atoms in total. The number of aromatic amines is 1. The molecule has 0 aliphatic heterocycles. The Kier molecular flexibility index (Phi) is 3.34. The van der Waals surface area contributed by atoms with Crippen molar-refractivity contribution in [3.63, 3.8) is 0 Å². The maximum Gasteiger partial charge on any atom is 0.255 e. The highest BCUT2D eigenvalue weighted by Crippen LogP contribution is 2.12. The van der Waals surface area contributed by atoms with Gasteiger partial charge in [-0.25, -0.2) is 4.98 Å². The summed E-state index contributed by atoms with van der Waals surface area (Å²) in [7, 11) is 1.60. The number of H-pyrrole nitrogens is 1. The highest BCUT2D eigenvalue weighted by Gasteiger charge is 2.15. The summed E-state index contributed by atoms with van der Waals surface area (Å²) in [4.78, 5) is 23.1. The number of ether oxygens (including phenoxy) is 1. The Morgan fingerprint density at radius 3 is 3.06 bits per heavy atom. The van der Waals surface area contributed by atoms with Crippen LogP contribution in [0.1, 0.15) is 17.3 Å². The van der Waals surface area contributed by atoms with Crippen LogP contribution < -0.4 is 5.32 Å². The van der Waals surface area contributed by atoms with Crippen LogP contribution in [-0.4, -0.2) is 40.6 Å². The van der Waals surface area contributed by atoms with Crippen molar-refractivity contribution in [3.8, 4) is 0 Å². The standard InChI is InChI=1S/C11H14N4O2/c1-7(6-17-2)15-11(16)8-5-14-10-9(8)12-3-4-13-10/h3-5,7H,6H2,1-2H3,(H,13,14)(H,15,16)/t7-/m0/s1. The minimum absolute atomic E-state index is 0.0471. The fraction of sp³-hybridized carbons (Fsp3) is 0.364. The normalized spacial score (nSPS) is 12.6. The third-order valence-corrected chi connectivity index (χ3v) is 2.35. The van der Waals surface area contributed by atoms with Gasteiger partial charge in [0, 0.05) is 31.7 Å². The van der Waals surface area contributed by atoms with Gasteiger partial charge in [-0.1, -0.05) is 0 Å². The number of nitrogens with zero attached hydrogens (tertiary/aromatic N) is 2. The van der Waals surface area contributed by atoms with Gasteiger partial charge in [-0.15, -0.1) is 0 Å². The van der Waals surface area contributed by atoms with Gasteiger partial charge in [0.25, 0.3) is 5.91 Å². The van der Waals surface area contributed by atoms with Crippen molar-refractivity contribution in [1.29, 1.82) is 0 Å². The van der Waals surface area contributed by atoms with Gasteiger partial charge >= 0.3 is 0 Å². The molecule has 2 heterocycles. The molecule has 0 spiro atoms. The van der Waals surface area contributed by atoms with Gasteiger partial charge in [0.05, 0.1) is 12.2 Å². The van der Waals surface area contributed by atoms with Crippen molar-refractivity contribution in [1.82, 2.24) is 20.3 Å². The first-order valence-corrected chi connectivity index (χ1v) is 5.30. The highest BCUT2D eigenvalue weighted by molar-refractivity contribution is 6.04. The molecule has 0 unspecified atom stereocenters. The van der Waals surface area contributed by atoms with Crippen molar-refractivity contribution in [3.05, 3.63) is 24.2 Å². The molecule has 0 bridgehead atoms. The average Bonchev–Trinajstić information content (AvgIpc) is 2.72. The molecule has 0 aliphatic rings. The number of hydrogen-bond donors (Lipinski definition) is 2. The van der Waals surface area contributed by atoms with E-state index in [2.05, 4.69) is 20.3 Å². The van der Waals surface area contributed by atoms with Crippen LogP contribution in [0.4, 0.5) is 0 Å². The molecular formula is C11H14N4O2. The molecule has 90 valence electrons. The summed E-state index contributed by atoms with van der Waals surface area (Å²) < 4.78 is 4.96. The number of carbonyl (C=O) groups is 1. The molecule has 17 heavy (non-hydrogen) atoms. The first-order valence-electron chi connectivity index (χ1n) is 5.30. The zero-order valence-corrected chi connectivity index (χ0v) is 9.73. The summed E-state index contributed by atoms with van der Waals surface area (Å²) in [5.74, 6) is -0.179. The Bertz CT molecular complexity index is 523. The summed E-state index contributed by atoms with van der Waals surface area (Å²) in [5, 5.41) is 2.82. The van der Waals surface area contributed by atoms with Gasteiger partial charge in [0.15, 0.2) is 5.65 Å². The largest absolute Gasteiger partial charge is 0.383 e. The topological polar surface area (TPSA) is 79.9 Å². The van der Waals surface area contributed by atoms with Crippen molar-refractivity contribution in [2.45, 2.75) is 13.0 Å². The molecule has 2 N–H and O–H groups in total. The molecule has 2 rings (SSSR count). The molecular weight excluding hydrogens is 220 g/mol. The number of methoxy groups -OCH3 is 1. The lowest BCUT2D eigenvalue weighted by atomic mass is 10.2. The second-order valence-electron chi connectivity index (χ2n) is 3.79. The first-order chi connectivity index (χ1) is 8.22. The van der Waals surface area contributed by atoms with Crippen LogP contribution in [-0.2, 0) is 4.74 Å². The number of fused-ring (bicyclic) bond motifs is 1. The molecule has 0 aliphatic carbocycles. The lowest BCUT2D eigenvalue weighted by Crippen LogP contribution is -2.35. The Morgan fingerprint density at radius 2 is 2.29 bits per heavy atom. The summed E-state index contributed by atoms with van der Waals surface area (Å²) in [6.45, 7) is 2.35. The number of hydrogen-bond acceptors (Lipinski definition) is 4. The Hall–Kier alpha value is -1.95. The predicted octanol–water partition coefficient (Wildman–Crippen LogP) is 0.723. The lowest BCUT2D eigenvalue weighted by Gasteiger charge is -2.11. The van der Waals surface area contributed by atoms with E-state index in [0.717, 1.165) is 0 Å². The fourth-order valence-corrected chi connectivity index (χ4v) is 1.62. The van der Waals surface area contributed by atoms with Crippen molar-refractivity contribution >= 4 is 17.1 Å². The minimum atomic E-state index is -0.179. The van der Waals surface area contributed by atoms with E-state index >= 15 is 0 Å². The fourth-order valence-electron chi connectivity index (χ4n) is 1.62. The van der Waals surface area contributed by atoms with E-state index in [4.69, 9.17) is 4.74 Å². The third kappa shape index (κ3) is 2.42. The van der Waals surface area contributed by atoms with Gasteiger partial charge in [0.1, 0.15) is 5.52 Å². The van der Waals surface area contributed by atoms with Crippen LogP contribution in [0.3, 0.4) is 0 Å². The molecule has 0 saturated carbocycles. The van der Waals surface area contributed by atoms with E-state index in [1.54, 1.807) is 25.7 Å². The SMILES string of the molecule is COC[C@H](C)NC(=O)c1c[nH]c2nccnc12. The molecule has 2 aromatic rings. The smallest absolute Gasteiger partial charge is 0.255 e. The highest BCUT2D eigenvalue weighted by atomic mass is 16.5. The van der Waals surface area contributed by atoms with E-state index in [-0.39, 0.29) is 11.9 Å². The summed E-state index contributed by atoms with van der Waals surface area (Å²) in [6.07, 6.45) is 4.75. The molecule has 6 heteroatoms. The van der Waals surface area contributed by atoms with Crippen molar-refractivity contribution in [2.24, 2.45) is 0 Å². The van der Waals surface area contributed by atoms with E-state index in [1.165, 1.54) is 0 Å². The van der Waals surface area contributed by atoms with E-state index in [0.29, 0.717) is 23.3 Å². The number of aromatic nitrogens is 3. The Morgan fingerprint density at radius 1 is 1.53 bits per heavy atom. The summed E-state index contributed by atoms with van der Waals surface area (Å²) in [6, 6.07) is -0.0471. The van der Waals surface area contributed by atoms with Gasteiger partial charge in [0.2, 0.25) is 0 Å². The van der Waals surface area contributed by atoms with Gasteiger partial charge in [-0.2, -0.15) is 0 Å². The number of nitrogens with one attached hydrogen (secondary N) is 2. The maximum absolute atomic E-state index is 12.0. The number of rotatable bonds is 4. The molecule has 1 atom stereocenters. The summed E-state index contributed by atoms with van der Waals surface area (Å²) >= 11 is 0. The second kappa shape index (κ2) is 4.92. The Labute approximate surface area is 98.4 Å². The molecule has 0 aromatic carbocycles. The number of carbonyl (C=O) groups excluding carboxylic acids is 1. The molecule has 0 fully saturated rings. The van der Waals surface area contributed by atoms with Gasteiger partial charge in [-0.3, -0.25) is 9.78 Å². The minimum Gasteiger partial charge on any atom is -0.383 e. The van der Waals surface area contributed by atoms with Crippen LogP contribution in [0.2, 0.25) is 0 Å². The van der Waals surface area contributed by atoms with Gasteiger partial charge < -0.3 is 15.0 Å². The predicted molar refractivity (Wildman–Crippen MR) is 62.7 cm³/mol. The molecule has 0 radical (unpaired) electrons. The summed E-state index contributed by atoms with van der Waals surface area (Å²) in [5.41, 5.74) is 1.68. The van der Waals surface area contributed by atoms with Crippen LogP contribution in [0.5, 0.6) is 0 Å². The quantitative estimate of drug-likeness (QED) is 0.817. The monoisotopic (exact) mass is 234 g/mol. The van der Waals surface area contributed by atoms with Crippen LogP contribution in [0.25, 0.3) is 11.2 Å². The third-order valence-electron chi connectivity index (χ3n) is 2.35. The van der Waals surface area contributed by atoms with Crippen LogP contribution >= 0.6 is 0 Å². The number of amides is 1. The molecule has 1 amide bonds. The Balaban J connectivity index is 2.19. The molecule has 0 saturated heterocycles. The molecule has 2 aromatic heterocycles. The van der Waals surface area contributed by atoms with Crippen molar-refractivity contribution < 1.29 is 9.53 Å². The van der Waals surface area contributed by atoms with Crippen LogP contribution in [0, 0.1) is 0 Å². The second-order valence-corrected chi connectivity index (χ2v) is 3.79. The van der Waals surface area contributed by atoms with Crippen LogP contribution in [0.15, 0.2) is 18.6 Å². The van der Waals surface area contributed by atoms with E-state index in [9.17, 15) is 4.79 Å². The van der Waals surface area contributed by atoms with E-state index < -0.39 is 0 Å². The van der Waals surface area contributed by atoms with Gasteiger partial charge in [-0.05, 0) is 6.92 Å².